The summed E-state index contributed by atoms with van der Waals surface area (Å²) in [5.41, 5.74) is 0.716. The first-order valence-corrected chi connectivity index (χ1v) is 5.61. The molecule has 0 atom stereocenters. The van der Waals surface area contributed by atoms with Gasteiger partial charge in [-0.05, 0) is 18.9 Å². The van der Waals surface area contributed by atoms with E-state index >= 15 is 0 Å². The third-order valence-corrected chi connectivity index (χ3v) is 2.57. The zero-order valence-corrected chi connectivity index (χ0v) is 9.48. The lowest BCUT2D eigenvalue weighted by molar-refractivity contribution is -0.384. The van der Waals surface area contributed by atoms with Gasteiger partial charge in [0.05, 0.1) is 4.92 Å². The fourth-order valence-electron chi connectivity index (χ4n) is 1.63. The van der Waals surface area contributed by atoms with Crippen molar-refractivity contribution in [2.45, 2.75) is 39.0 Å². The number of aromatic hydroxyl groups is 1. The van der Waals surface area contributed by atoms with Crippen LogP contribution in [0.15, 0.2) is 18.2 Å². The molecule has 1 aromatic carbocycles. The third-order valence-electron chi connectivity index (χ3n) is 2.57. The second kappa shape index (κ2) is 6.10. The van der Waals surface area contributed by atoms with Crippen molar-refractivity contribution in [1.82, 2.24) is 0 Å². The second-order valence-electron chi connectivity index (χ2n) is 3.88. The van der Waals surface area contributed by atoms with Crippen LogP contribution in [-0.4, -0.2) is 10.0 Å². The van der Waals surface area contributed by atoms with Crippen LogP contribution in [0.5, 0.6) is 5.75 Å². The molecule has 1 aromatic rings. The summed E-state index contributed by atoms with van der Waals surface area (Å²) >= 11 is 0. The average Bonchev–Trinajstić information content (AvgIpc) is 2.26. The first kappa shape index (κ1) is 12.5. The van der Waals surface area contributed by atoms with Crippen LogP contribution >= 0.6 is 0 Å². The van der Waals surface area contributed by atoms with Crippen molar-refractivity contribution in [3.63, 3.8) is 0 Å². The van der Waals surface area contributed by atoms with Crippen molar-refractivity contribution in [1.29, 1.82) is 0 Å². The van der Waals surface area contributed by atoms with Gasteiger partial charge in [0.1, 0.15) is 5.75 Å². The van der Waals surface area contributed by atoms with Gasteiger partial charge in [-0.25, -0.2) is 0 Å². The van der Waals surface area contributed by atoms with E-state index in [1.165, 1.54) is 18.2 Å². The van der Waals surface area contributed by atoms with Crippen molar-refractivity contribution in [3.8, 4) is 5.75 Å². The third kappa shape index (κ3) is 3.53. The molecule has 0 amide bonds. The lowest BCUT2D eigenvalue weighted by Crippen LogP contribution is -1.92. The number of nitro groups is 1. The van der Waals surface area contributed by atoms with Gasteiger partial charge in [-0.3, -0.25) is 10.1 Å². The largest absolute Gasteiger partial charge is 0.508 e. The molecular weight excluding hydrogens is 206 g/mol. The minimum atomic E-state index is -0.436. The van der Waals surface area contributed by atoms with E-state index in [1.807, 2.05) is 0 Å². The van der Waals surface area contributed by atoms with E-state index in [0.717, 1.165) is 25.7 Å². The van der Waals surface area contributed by atoms with Gasteiger partial charge in [0.2, 0.25) is 0 Å². The van der Waals surface area contributed by atoms with Gasteiger partial charge in [0.15, 0.2) is 0 Å². The van der Waals surface area contributed by atoms with Crippen molar-refractivity contribution in [2.75, 3.05) is 0 Å². The Hall–Kier alpha value is -1.58. The summed E-state index contributed by atoms with van der Waals surface area (Å²) in [5.74, 6) is 0.155. The van der Waals surface area contributed by atoms with Crippen LogP contribution in [0, 0.1) is 10.1 Å². The zero-order valence-electron chi connectivity index (χ0n) is 9.48. The van der Waals surface area contributed by atoms with Crippen molar-refractivity contribution >= 4 is 5.69 Å². The Labute approximate surface area is 95.1 Å². The molecule has 0 saturated carbocycles. The maximum atomic E-state index is 10.6. The number of nitro benzene ring substituents is 1. The molecule has 0 saturated heterocycles. The van der Waals surface area contributed by atoms with Crippen LogP contribution in [0.4, 0.5) is 5.69 Å². The van der Waals surface area contributed by atoms with E-state index in [1.54, 1.807) is 0 Å². The SMILES string of the molecule is CCCCCCc1cc([N+](=O)[O-])ccc1O. The number of aryl methyl sites for hydroxylation is 1. The minimum Gasteiger partial charge on any atom is -0.508 e. The maximum Gasteiger partial charge on any atom is 0.269 e. The molecule has 0 bridgehead atoms. The van der Waals surface area contributed by atoms with E-state index < -0.39 is 4.92 Å². The molecule has 1 N–H and O–H groups in total. The predicted octanol–water partition coefficient (Wildman–Crippen LogP) is 3.42. The van der Waals surface area contributed by atoms with Crippen LogP contribution < -0.4 is 0 Å². The monoisotopic (exact) mass is 223 g/mol. The fourth-order valence-corrected chi connectivity index (χ4v) is 1.63. The molecule has 4 nitrogen and oxygen atoms in total. The van der Waals surface area contributed by atoms with Gasteiger partial charge >= 0.3 is 0 Å². The highest BCUT2D eigenvalue weighted by Crippen LogP contribution is 2.24. The highest BCUT2D eigenvalue weighted by atomic mass is 16.6. The zero-order chi connectivity index (χ0) is 12.0. The number of phenols is 1. The standard InChI is InChI=1S/C12H17NO3/c1-2-3-4-5-6-10-9-11(13(15)16)7-8-12(10)14/h7-9,14H,2-6H2,1H3. The summed E-state index contributed by atoms with van der Waals surface area (Å²) in [5, 5.41) is 20.1. The van der Waals surface area contributed by atoms with Gasteiger partial charge in [0.25, 0.3) is 5.69 Å². The molecule has 0 fully saturated rings. The van der Waals surface area contributed by atoms with E-state index in [9.17, 15) is 15.2 Å². The number of hydrogen-bond acceptors (Lipinski definition) is 3. The van der Waals surface area contributed by atoms with Crippen LogP contribution in [0.25, 0.3) is 0 Å². The smallest absolute Gasteiger partial charge is 0.269 e. The predicted molar refractivity (Wildman–Crippen MR) is 62.6 cm³/mol. The molecule has 0 aliphatic heterocycles. The quantitative estimate of drug-likeness (QED) is 0.456. The van der Waals surface area contributed by atoms with Gasteiger partial charge in [-0.1, -0.05) is 26.2 Å². The number of nitrogens with zero attached hydrogens (tertiary/aromatic N) is 1. The summed E-state index contributed by atoms with van der Waals surface area (Å²) in [6.07, 6.45) is 5.07. The Morgan fingerprint density at radius 2 is 2.06 bits per heavy atom. The normalized spacial score (nSPS) is 10.3. The summed E-state index contributed by atoms with van der Waals surface area (Å²) < 4.78 is 0. The van der Waals surface area contributed by atoms with Crippen LogP contribution in [0.1, 0.15) is 38.2 Å². The van der Waals surface area contributed by atoms with E-state index in [-0.39, 0.29) is 11.4 Å². The van der Waals surface area contributed by atoms with Crippen LogP contribution in [0.3, 0.4) is 0 Å². The number of rotatable bonds is 6. The molecule has 0 spiro atoms. The lowest BCUT2D eigenvalue weighted by atomic mass is 10.0. The first-order chi connectivity index (χ1) is 7.65. The van der Waals surface area contributed by atoms with Crippen LogP contribution in [0.2, 0.25) is 0 Å². The summed E-state index contributed by atoms with van der Waals surface area (Å²) in [6, 6.07) is 4.18. The average molecular weight is 223 g/mol. The molecule has 0 aliphatic carbocycles. The molecule has 16 heavy (non-hydrogen) atoms. The Bertz CT molecular complexity index is 363. The molecule has 1 rings (SSSR count). The molecule has 0 aromatic heterocycles. The number of benzene rings is 1. The first-order valence-electron chi connectivity index (χ1n) is 5.61. The van der Waals surface area contributed by atoms with E-state index in [2.05, 4.69) is 6.92 Å². The highest BCUT2D eigenvalue weighted by Gasteiger charge is 2.09. The Balaban J connectivity index is 2.63. The van der Waals surface area contributed by atoms with E-state index in [4.69, 9.17) is 0 Å². The molecular formula is C12H17NO3. The van der Waals surface area contributed by atoms with Crippen molar-refractivity contribution < 1.29 is 10.0 Å². The lowest BCUT2D eigenvalue weighted by Gasteiger charge is -2.04. The van der Waals surface area contributed by atoms with Crippen LogP contribution in [-0.2, 0) is 6.42 Å². The summed E-state index contributed by atoms with van der Waals surface area (Å²) in [4.78, 5) is 10.1. The fraction of sp³-hybridized carbons (Fsp3) is 0.500. The topological polar surface area (TPSA) is 63.4 Å². The van der Waals surface area contributed by atoms with E-state index in [0.29, 0.717) is 12.0 Å². The van der Waals surface area contributed by atoms with Gasteiger partial charge in [-0.2, -0.15) is 0 Å². The Morgan fingerprint density at radius 3 is 2.69 bits per heavy atom. The van der Waals surface area contributed by atoms with Crippen molar-refractivity contribution in [2.24, 2.45) is 0 Å². The second-order valence-corrected chi connectivity index (χ2v) is 3.88. The number of non-ortho nitro benzene ring substituents is 1. The molecule has 0 aliphatic rings. The Morgan fingerprint density at radius 1 is 1.31 bits per heavy atom. The summed E-state index contributed by atoms with van der Waals surface area (Å²) in [7, 11) is 0. The molecule has 4 heteroatoms. The van der Waals surface area contributed by atoms with Gasteiger partial charge in [-0.15, -0.1) is 0 Å². The number of phenolic OH excluding ortho intramolecular Hbond substituents is 1. The number of hydrogen-bond donors (Lipinski definition) is 1. The molecule has 0 unspecified atom stereocenters. The minimum absolute atomic E-state index is 0.0447. The Kier molecular flexibility index (Phi) is 4.76. The van der Waals surface area contributed by atoms with Gasteiger partial charge < -0.3 is 5.11 Å². The molecule has 88 valence electrons. The highest BCUT2D eigenvalue weighted by molar-refractivity contribution is 5.42. The maximum absolute atomic E-state index is 10.6. The van der Waals surface area contributed by atoms with Gasteiger partial charge in [0, 0.05) is 17.7 Å². The molecule has 0 heterocycles. The summed E-state index contributed by atoms with van der Waals surface area (Å²) in [6.45, 7) is 2.13. The molecule has 0 radical (unpaired) electrons. The number of unbranched alkanes of at least 4 members (excludes halogenated alkanes) is 3. The van der Waals surface area contributed by atoms with Crippen molar-refractivity contribution in [3.05, 3.63) is 33.9 Å².